The standard InChI is InChI=1S/C11H11N/c1-9-4-2-5-10(8-9)11-6-3-7-12-11/h2-5,7-8H,6H2,1H3. The number of aliphatic imine (C=N–C) groups is 1. The molecule has 1 aliphatic heterocycles. The molecule has 1 nitrogen and oxygen atoms in total. The van der Waals surface area contributed by atoms with Crippen LogP contribution in [-0.4, -0.2) is 5.71 Å². The van der Waals surface area contributed by atoms with Crippen molar-refractivity contribution in [3.05, 3.63) is 47.7 Å². The number of hydrogen-bond acceptors (Lipinski definition) is 1. The molecule has 0 spiro atoms. The summed E-state index contributed by atoms with van der Waals surface area (Å²) < 4.78 is 0. The lowest BCUT2D eigenvalue weighted by Crippen LogP contribution is -1.95. The van der Waals surface area contributed by atoms with Gasteiger partial charge in [-0.15, -0.1) is 0 Å². The van der Waals surface area contributed by atoms with E-state index in [0.29, 0.717) is 0 Å². The number of rotatable bonds is 1. The van der Waals surface area contributed by atoms with Gasteiger partial charge in [-0.05, 0) is 12.5 Å². The lowest BCUT2D eigenvalue weighted by Gasteiger charge is -2.00. The van der Waals surface area contributed by atoms with E-state index >= 15 is 0 Å². The van der Waals surface area contributed by atoms with Gasteiger partial charge in [0.2, 0.25) is 0 Å². The maximum Gasteiger partial charge on any atom is 0.0514 e. The van der Waals surface area contributed by atoms with E-state index < -0.39 is 0 Å². The van der Waals surface area contributed by atoms with Gasteiger partial charge < -0.3 is 0 Å². The number of benzene rings is 1. The van der Waals surface area contributed by atoms with Crippen LogP contribution < -0.4 is 0 Å². The number of hydrogen-bond donors (Lipinski definition) is 0. The summed E-state index contributed by atoms with van der Waals surface area (Å²) in [4.78, 5) is 4.28. The first-order chi connectivity index (χ1) is 5.86. The van der Waals surface area contributed by atoms with Crippen LogP contribution in [-0.2, 0) is 0 Å². The maximum absolute atomic E-state index is 4.28. The van der Waals surface area contributed by atoms with Gasteiger partial charge in [0.05, 0.1) is 5.71 Å². The third-order valence-corrected chi connectivity index (χ3v) is 2.00. The summed E-state index contributed by atoms with van der Waals surface area (Å²) >= 11 is 0. The van der Waals surface area contributed by atoms with Crippen molar-refractivity contribution in [3.8, 4) is 0 Å². The number of aryl methyl sites for hydroxylation is 1. The van der Waals surface area contributed by atoms with E-state index in [4.69, 9.17) is 0 Å². The SMILES string of the molecule is Cc1cccc(C2=NC=CC2)c1. The van der Waals surface area contributed by atoms with Crippen molar-refractivity contribution in [1.82, 2.24) is 0 Å². The van der Waals surface area contributed by atoms with E-state index in [1.54, 1.807) is 0 Å². The summed E-state index contributed by atoms with van der Waals surface area (Å²) in [5.74, 6) is 0. The summed E-state index contributed by atoms with van der Waals surface area (Å²) in [5, 5.41) is 0. The van der Waals surface area contributed by atoms with Crippen LogP contribution in [0.2, 0.25) is 0 Å². The van der Waals surface area contributed by atoms with Crippen molar-refractivity contribution in [3.63, 3.8) is 0 Å². The predicted octanol–water partition coefficient (Wildman–Crippen LogP) is 2.70. The van der Waals surface area contributed by atoms with Crippen LogP contribution >= 0.6 is 0 Å². The van der Waals surface area contributed by atoms with E-state index in [2.05, 4.69) is 42.3 Å². The fourth-order valence-corrected chi connectivity index (χ4v) is 1.38. The minimum Gasteiger partial charge on any atom is -0.261 e. The van der Waals surface area contributed by atoms with Crippen molar-refractivity contribution < 1.29 is 0 Å². The van der Waals surface area contributed by atoms with Gasteiger partial charge in [-0.1, -0.05) is 35.9 Å². The Morgan fingerprint density at radius 2 is 2.25 bits per heavy atom. The van der Waals surface area contributed by atoms with E-state index in [9.17, 15) is 0 Å². The zero-order valence-electron chi connectivity index (χ0n) is 7.12. The van der Waals surface area contributed by atoms with E-state index in [0.717, 1.165) is 6.42 Å². The molecule has 1 aromatic rings. The average molecular weight is 157 g/mol. The van der Waals surface area contributed by atoms with E-state index in [1.807, 2.05) is 6.20 Å². The first-order valence-electron chi connectivity index (χ1n) is 4.15. The van der Waals surface area contributed by atoms with Crippen molar-refractivity contribution in [1.29, 1.82) is 0 Å². The summed E-state index contributed by atoms with van der Waals surface area (Å²) in [7, 11) is 0. The molecule has 0 atom stereocenters. The molecule has 2 rings (SSSR count). The Morgan fingerprint density at radius 3 is 2.92 bits per heavy atom. The van der Waals surface area contributed by atoms with Gasteiger partial charge in [0.15, 0.2) is 0 Å². The molecule has 0 radical (unpaired) electrons. The fraction of sp³-hybridized carbons (Fsp3) is 0.182. The van der Waals surface area contributed by atoms with Gasteiger partial charge in [0, 0.05) is 12.6 Å². The maximum atomic E-state index is 4.28. The monoisotopic (exact) mass is 157 g/mol. The van der Waals surface area contributed by atoms with Crippen molar-refractivity contribution in [2.24, 2.45) is 4.99 Å². The van der Waals surface area contributed by atoms with Crippen LogP contribution in [0.3, 0.4) is 0 Å². The van der Waals surface area contributed by atoms with Crippen molar-refractivity contribution in [2.45, 2.75) is 13.3 Å². The Balaban J connectivity index is 2.35. The summed E-state index contributed by atoms with van der Waals surface area (Å²) in [6.45, 7) is 2.10. The molecule has 0 amide bonds. The van der Waals surface area contributed by atoms with Crippen LogP contribution in [0.5, 0.6) is 0 Å². The minimum absolute atomic E-state index is 0.976. The van der Waals surface area contributed by atoms with Gasteiger partial charge in [-0.25, -0.2) is 0 Å². The number of allylic oxidation sites excluding steroid dienone is 1. The molecule has 0 aliphatic carbocycles. The first-order valence-corrected chi connectivity index (χ1v) is 4.15. The first kappa shape index (κ1) is 7.29. The highest BCUT2D eigenvalue weighted by Gasteiger charge is 2.03. The molecular formula is C11H11N. The van der Waals surface area contributed by atoms with Gasteiger partial charge in [0.1, 0.15) is 0 Å². The summed E-state index contributed by atoms with van der Waals surface area (Å²) in [6, 6.07) is 8.46. The minimum atomic E-state index is 0.976. The molecule has 0 aromatic heterocycles. The number of nitrogens with zero attached hydrogens (tertiary/aromatic N) is 1. The van der Waals surface area contributed by atoms with E-state index in [1.165, 1.54) is 16.8 Å². The molecule has 0 unspecified atom stereocenters. The summed E-state index contributed by atoms with van der Waals surface area (Å²) in [5.41, 5.74) is 3.72. The van der Waals surface area contributed by atoms with Crippen LogP contribution in [0.4, 0.5) is 0 Å². The highest BCUT2D eigenvalue weighted by atomic mass is 14.7. The smallest absolute Gasteiger partial charge is 0.0514 e. The Labute approximate surface area is 72.5 Å². The largest absolute Gasteiger partial charge is 0.261 e. The molecule has 1 heteroatoms. The molecule has 60 valence electrons. The third-order valence-electron chi connectivity index (χ3n) is 2.00. The van der Waals surface area contributed by atoms with Crippen LogP contribution in [0, 0.1) is 6.92 Å². The van der Waals surface area contributed by atoms with E-state index in [-0.39, 0.29) is 0 Å². The molecule has 0 bridgehead atoms. The van der Waals surface area contributed by atoms with Gasteiger partial charge in [-0.2, -0.15) is 0 Å². The zero-order valence-corrected chi connectivity index (χ0v) is 7.12. The molecular weight excluding hydrogens is 146 g/mol. The zero-order chi connectivity index (χ0) is 8.39. The molecule has 0 saturated heterocycles. The molecule has 0 fully saturated rings. The van der Waals surface area contributed by atoms with Crippen molar-refractivity contribution >= 4 is 5.71 Å². The second kappa shape index (κ2) is 2.94. The lowest BCUT2D eigenvalue weighted by atomic mass is 10.1. The molecule has 1 aromatic carbocycles. The highest BCUT2D eigenvalue weighted by molar-refractivity contribution is 6.03. The van der Waals surface area contributed by atoms with Gasteiger partial charge in [0.25, 0.3) is 0 Å². The van der Waals surface area contributed by atoms with Gasteiger partial charge >= 0.3 is 0 Å². The normalized spacial score (nSPS) is 14.9. The topological polar surface area (TPSA) is 12.4 Å². The van der Waals surface area contributed by atoms with Crippen LogP contribution in [0.15, 0.2) is 41.5 Å². The summed E-state index contributed by atoms with van der Waals surface area (Å²) in [6.07, 6.45) is 4.93. The molecule has 0 N–H and O–H groups in total. The molecule has 0 saturated carbocycles. The van der Waals surface area contributed by atoms with Gasteiger partial charge in [-0.3, -0.25) is 4.99 Å². The highest BCUT2D eigenvalue weighted by Crippen LogP contribution is 2.11. The molecule has 12 heavy (non-hydrogen) atoms. The fourth-order valence-electron chi connectivity index (χ4n) is 1.38. The predicted molar refractivity (Wildman–Crippen MR) is 51.5 cm³/mol. The lowest BCUT2D eigenvalue weighted by molar-refractivity contribution is 1.42. The Kier molecular flexibility index (Phi) is 1.78. The Bertz CT molecular complexity index is 348. The average Bonchev–Trinajstić information content (AvgIpc) is 2.56. The Hall–Kier alpha value is -1.37. The quantitative estimate of drug-likeness (QED) is 0.594. The van der Waals surface area contributed by atoms with Crippen molar-refractivity contribution in [2.75, 3.05) is 0 Å². The molecule has 1 heterocycles. The second-order valence-electron chi connectivity index (χ2n) is 3.03. The molecule has 1 aliphatic rings. The Morgan fingerprint density at radius 1 is 1.33 bits per heavy atom. The van der Waals surface area contributed by atoms with Crippen LogP contribution in [0.25, 0.3) is 0 Å². The second-order valence-corrected chi connectivity index (χ2v) is 3.03. The third kappa shape index (κ3) is 1.30. The van der Waals surface area contributed by atoms with Crippen LogP contribution in [0.1, 0.15) is 17.5 Å².